The molecule has 0 atom stereocenters. The summed E-state index contributed by atoms with van der Waals surface area (Å²) in [5.41, 5.74) is 0. The highest BCUT2D eigenvalue weighted by Gasteiger charge is 1.83. The van der Waals surface area contributed by atoms with Gasteiger partial charge in [0.1, 0.15) is 0 Å². The zero-order chi connectivity index (χ0) is 11.2. The van der Waals surface area contributed by atoms with Crippen LogP contribution in [0.3, 0.4) is 0 Å². The molecular formula is C12H30N2. The Hall–Kier alpha value is -0.0800. The fraction of sp³-hybridized carbons (Fsp3) is 1.00. The molecule has 0 fully saturated rings. The first-order chi connectivity index (χ1) is 6.68. The third-order valence-electron chi connectivity index (χ3n) is 1.89. The van der Waals surface area contributed by atoms with Crippen molar-refractivity contribution in [3.8, 4) is 0 Å². The highest BCUT2D eigenvalue weighted by Crippen LogP contribution is 1.96. The van der Waals surface area contributed by atoms with E-state index in [4.69, 9.17) is 0 Å². The Morgan fingerprint density at radius 2 is 1.64 bits per heavy atom. The average Bonchev–Trinajstić information content (AvgIpc) is 2.13. The summed E-state index contributed by atoms with van der Waals surface area (Å²) in [6, 6.07) is 0.648. The summed E-state index contributed by atoms with van der Waals surface area (Å²) >= 11 is 0. The zero-order valence-corrected chi connectivity index (χ0v) is 10.8. The molecule has 0 aromatic carbocycles. The lowest BCUT2D eigenvalue weighted by Crippen LogP contribution is -2.21. The predicted molar refractivity (Wildman–Crippen MR) is 66.9 cm³/mol. The molecule has 0 heterocycles. The summed E-state index contributed by atoms with van der Waals surface area (Å²) in [6.45, 7) is 10.9. The van der Waals surface area contributed by atoms with E-state index < -0.39 is 0 Å². The molecule has 2 N–H and O–H groups in total. The quantitative estimate of drug-likeness (QED) is 0.620. The van der Waals surface area contributed by atoms with E-state index in [1.54, 1.807) is 0 Å². The first-order valence-electron chi connectivity index (χ1n) is 6.06. The van der Waals surface area contributed by atoms with Gasteiger partial charge in [-0.1, -0.05) is 47.0 Å². The first kappa shape index (κ1) is 16.4. The normalized spacial score (nSPS) is 9.86. The van der Waals surface area contributed by atoms with Crippen molar-refractivity contribution in [2.24, 2.45) is 0 Å². The van der Waals surface area contributed by atoms with E-state index in [0.717, 1.165) is 6.54 Å². The second-order valence-corrected chi connectivity index (χ2v) is 3.88. The van der Waals surface area contributed by atoms with E-state index in [9.17, 15) is 0 Å². The summed E-state index contributed by atoms with van der Waals surface area (Å²) < 4.78 is 0. The fourth-order valence-electron chi connectivity index (χ4n) is 1.14. The maximum Gasteiger partial charge on any atom is 0.00102 e. The minimum atomic E-state index is 0.648. The molecule has 0 unspecified atom stereocenters. The van der Waals surface area contributed by atoms with Crippen molar-refractivity contribution in [1.29, 1.82) is 0 Å². The van der Waals surface area contributed by atoms with Crippen LogP contribution in [0.4, 0.5) is 0 Å². The monoisotopic (exact) mass is 202 g/mol. The number of hydrogen-bond acceptors (Lipinski definition) is 2. The number of unbranched alkanes of at least 4 members (excludes halogenated alkanes) is 3. The molecule has 0 aliphatic carbocycles. The van der Waals surface area contributed by atoms with Gasteiger partial charge in [-0.2, -0.15) is 0 Å². The molecular weight excluding hydrogens is 172 g/mol. The van der Waals surface area contributed by atoms with Crippen molar-refractivity contribution < 1.29 is 0 Å². The van der Waals surface area contributed by atoms with Crippen molar-refractivity contribution >= 4 is 0 Å². The van der Waals surface area contributed by atoms with Crippen molar-refractivity contribution in [2.75, 3.05) is 20.1 Å². The second kappa shape index (κ2) is 15.4. The van der Waals surface area contributed by atoms with Crippen molar-refractivity contribution in [3.05, 3.63) is 0 Å². The standard InChI is InChI=1S/C7H17N.C5H13N/c1-3-4-5-6-7-8-2;1-4-6-5(2)3/h8H,3-7H2,1-2H3;5-6H,4H2,1-3H3. The Balaban J connectivity index is 0. The zero-order valence-electron chi connectivity index (χ0n) is 10.8. The molecule has 0 aliphatic heterocycles. The van der Waals surface area contributed by atoms with Crippen LogP contribution in [0.25, 0.3) is 0 Å². The molecule has 0 amide bonds. The van der Waals surface area contributed by atoms with Crippen molar-refractivity contribution in [3.63, 3.8) is 0 Å². The van der Waals surface area contributed by atoms with Crippen LogP contribution in [0.2, 0.25) is 0 Å². The molecule has 0 aliphatic rings. The summed E-state index contributed by atoms with van der Waals surface area (Å²) in [7, 11) is 2.01. The van der Waals surface area contributed by atoms with Crippen molar-refractivity contribution in [2.45, 2.75) is 59.4 Å². The Morgan fingerprint density at radius 1 is 1.00 bits per heavy atom. The Labute approximate surface area is 90.9 Å². The Kier molecular flexibility index (Phi) is 18.0. The van der Waals surface area contributed by atoms with Gasteiger partial charge in [0, 0.05) is 6.04 Å². The number of rotatable bonds is 7. The third kappa shape index (κ3) is 22.7. The molecule has 0 rings (SSSR count). The Bertz CT molecular complexity index is 76.4. The van der Waals surface area contributed by atoms with Gasteiger partial charge in [0.2, 0.25) is 0 Å². The first-order valence-corrected chi connectivity index (χ1v) is 6.06. The smallest absolute Gasteiger partial charge is 0.00102 e. The molecule has 0 aromatic rings. The maximum absolute atomic E-state index is 3.21. The average molecular weight is 202 g/mol. The summed E-state index contributed by atoms with van der Waals surface area (Å²) in [6.07, 6.45) is 5.45. The van der Waals surface area contributed by atoms with Crippen LogP contribution in [0, 0.1) is 0 Å². The Morgan fingerprint density at radius 3 is 1.93 bits per heavy atom. The summed E-state index contributed by atoms with van der Waals surface area (Å²) in [5, 5.41) is 6.33. The van der Waals surface area contributed by atoms with E-state index in [1.807, 2.05) is 7.05 Å². The van der Waals surface area contributed by atoms with Gasteiger partial charge >= 0.3 is 0 Å². The molecule has 2 nitrogen and oxygen atoms in total. The number of hydrogen-bond donors (Lipinski definition) is 2. The molecule has 0 aromatic heterocycles. The highest BCUT2D eigenvalue weighted by atomic mass is 14.9. The van der Waals surface area contributed by atoms with E-state index in [1.165, 1.54) is 32.2 Å². The van der Waals surface area contributed by atoms with Crippen LogP contribution in [-0.4, -0.2) is 26.2 Å². The fourth-order valence-corrected chi connectivity index (χ4v) is 1.14. The van der Waals surface area contributed by atoms with Gasteiger partial charge in [-0.15, -0.1) is 0 Å². The number of nitrogens with one attached hydrogen (secondary N) is 2. The molecule has 0 bridgehead atoms. The molecule has 0 saturated heterocycles. The summed E-state index contributed by atoms with van der Waals surface area (Å²) in [5.74, 6) is 0. The van der Waals surface area contributed by atoms with E-state index in [0.29, 0.717) is 6.04 Å². The van der Waals surface area contributed by atoms with E-state index >= 15 is 0 Å². The lowest BCUT2D eigenvalue weighted by atomic mass is 10.2. The highest BCUT2D eigenvalue weighted by molar-refractivity contribution is 4.46. The van der Waals surface area contributed by atoms with E-state index in [-0.39, 0.29) is 0 Å². The van der Waals surface area contributed by atoms with Crippen LogP contribution in [0.15, 0.2) is 0 Å². The molecule has 0 saturated carbocycles. The van der Waals surface area contributed by atoms with Gasteiger partial charge in [-0.3, -0.25) is 0 Å². The van der Waals surface area contributed by atoms with Gasteiger partial charge in [0.25, 0.3) is 0 Å². The molecule has 14 heavy (non-hydrogen) atoms. The molecule has 2 heteroatoms. The largest absolute Gasteiger partial charge is 0.320 e. The van der Waals surface area contributed by atoms with Crippen LogP contribution in [0.1, 0.15) is 53.4 Å². The molecule has 0 spiro atoms. The predicted octanol–water partition coefficient (Wildman–Crippen LogP) is 2.79. The maximum atomic E-state index is 3.21. The lowest BCUT2D eigenvalue weighted by molar-refractivity contribution is 0.613. The summed E-state index contributed by atoms with van der Waals surface area (Å²) in [4.78, 5) is 0. The second-order valence-electron chi connectivity index (χ2n) is 3.88. The SMILES string of the molecule is CCCCCCNC.CCNC(C)C. The van der Waals surface area contributed by atoms with Gasteiger partial charge in [-0.25, -0.2) is 0 Å². The van der Waals surface area contributed by atoms with Crippen LogP contribution >= 0.6 is 0 Å². The molecule has 88 valence electrons. The molecule has 0 radical (unpaired) electrons. The van der Waals surface area contributed by atoms with E-state index in [2.05, 4.69) is 38.3 Å². The van der Waals surface area contributed by atoms with Gasteiger partial charge in [-0.05, 0) is 26.6 Å². The van der Waals surface area contributed by atoms with Crippen LogP contribution < -0.4 is 10.6 Å². The van der Waals surface area contributed by atoms with Crippen LogP contribution in [0.5, 0.6) is 0 Å². The van der Waals surface area contributed by atoms with Gasteiger partial charge in [0.05, 0.1) is 0 Å². The lowest BCUT2D eigenvalue weighted by Gasteiger charge is -2.00. The van der Waals surface area contributed by atoms with Gasteiger partial charge in [0.15, 0.2) is 0 Å². The third-order valence-corrected chi connectivity index (χ3v) is 1.89. The van der Waals surface area contributed by atoms with Crippen LogP contribution in [-0.2, 0) is 0 Å². The minimum Gasteiger partial charge on any atom is -0.320 e. The van der Waals surface area contributed by atoms with Crippen molar-refractivity contribution in [1.82, 2.24) is 10.6 Å². The van der Waals surface area contributed by atoms with Gasteiger partial charge < -0.3 is 10.6 Å². The topological polar surface area (TPSA) is 24.1 Å². The minimum absolute atomic E-state index is 0.648.